The second-order valence-electron chi connectivity index (χ2n) is 17.6. The first-order valence-corrected chi connectivity index (χ1v) is 28.3. The Balaban J connectivity index is 1.90. The van der Waals surface area contributed by atoms with E-state index < -0.39 is 102 Å². The number of nitrogens with two attached hydrogens (primary N) is 1. The summed E-state index contributed by atoms with van der Waals surface area (Å²) < 4.78 is 56.4. The zero-order valence-electron chi connectivity index (χ0n) is 42.2. The lowest BCUT2D eigenvalue weighted by molar-refractivity contribution is -0.161. The Bertz CT molecular complexity index is 2060. The fraction of sp³-hybridized carbons (Fsp3) is 0.640. The maximum Gasteiger partial charge on any atom is 0.481 e. The summed E-state index contributed by atoms with van der Waals surface area (Å²) >= 11 is 0. The molecule has 1 aromatic rings. The number of ether oxygens (including phenoxy) is 3. The molecule has 0 radical (unpaired) electrons. The van der Waals surface area contributed by atoms with Gasteiger partial charge in [0.05, 0.1) is 31.5 Å². The highest BCUT2D eigenvalue weighted by molar-refractivity contribution is 7.61. The van der Waals surface area contributed by atoms with Crippen LogP contribution in [-0.2, 0) is 46.3 Å². The van der Waals surface area contributed by atoms with Crippen LogP contribution in [0, 0.1) is 0 Å². The number of rotatable bonds is 40. The van der Waals surface area contributed by atoms with E-state index in [-0.39, 0.29) is 31.5 Å². The molecule has 0 bridgehead atoms. The Kier molecular flexibility index (Phi) is 33.7. The minimum Gasteiger partial charge on any atom is -0.462 e. The number of esters is 2. The first-order valence-electron chi connectivity index (χ1n) is 25.3. The van der Waals surface area contributed by atoms with E-state index in [0.717, 1.165) is 62.1 Å². The van der Waals surface area contributed by atoms with E-state index in [9.17, 15) is 58.8 Å². The average Bonchev–Trinajstić information content (AvgIpc) is 3.62. The normalized spacial score (nSPS) is 20.9. The second kappa shape index (κ2) is 37.8. The summed E-state index contributed by atoms with van der Waals surface area (Å²) in [7, 11) is -11.0. The van der Waals surface area contributed by atoms with Gasteiger partial charge in [0, 0.05) is 19.0 Å². The number of aromatic nitrogens is 2. The molecule has 2 unspecified atom stereocenters. The number of carbonyl (C=O) groups is 2. The average molecular weight is 1070 g/mol. The Morgan fingerprint density at radius 3 is 2.00 bits per heavy atom. The lowest BCUT2D eigenvalue weighted by Crippen LogP contribution is -2.36. The van der Waals surface area contributed by atoms with Crippen molar-refractivity contribution in [1.29, 1.82) is 0 Å². The van der Waals surface area contributed by atoms with Crippen LogP contribution in [-0.4, -0.2) is 119 Å². The Hall–Kier alpha value is -3.92. The summed E-state index contributed by atoms with van der Waals surface area (Å²) in [6.45, 7) is 1.67. The Morgan fingerprint density at radius 1 is 0.740 bits per heavy atom. The monoisotopic (exact) mass is 1070 g/mol. The number of hydrogen-bond donors (Lipinski definition) is 8. The lowest BCUT2D eigenvalue weighted by Gasteiger charge is -2.21. The smallest absolute Gasteiger partial charge is 0.462 e. The van der Waals surface area contributed by atoms with Gasteiger partial charge in [-0.25, -0.2) is 13.9 Å². The number of phosphoric acid groups is 2. The molecule has 23 heteroatoms. The summed E-state index contributed by atoms with van der Waals surface area (Å²) in [4.78, 5) is 61.9. The zero-order valence-corrected chi connectivity index (χ0v) is 44.0. The van der Waals surface area contributed by atoms with Crippen LogP contribution < -0.4 is 11.4 Å². The van der Waals surface area contributed by atoms with Crippen LogP contribution in [0.15, 0.2) is 90.0 Å². The van der Waals surface area contributed by atoms with Crippen molar-refractivity contribution in [2.24, 2.45) is 0 Å². The maximum atomic E-state index is 12.9. The van der Waals surface area contributed by atoms with E-state index in [1.807, 2.05) is 0 Å². The molecule has 10 atom stereocenters. The first kappa shape index (κ1) is 65.2. The summed E-state index contributed by atoms with van der Waals surface area (Å²) in [5.74, 6) is -1.67. The van der Waals surface area contributed by atoms with Crippen LogP contribution in [0.5, 0.6) is 0 Å². The highest BCUT2D eigenvalue weighted by Gasteiger charge is 2.46. The van der Waals surface area contributed by atoms with Crippen molar-refractivity contribution < 1.29 is 81.6 Å². The molecular formula is C50H81N3O18P2. The molecule has 0 aliphatic carbocycles. The third-order valence-electron chi connectivity index (χ3n) is 11.2. The number of aliphatic hydroxyl groups excluding tert-OH is 5. The van der Waals surface area contributed by atoms with Crippen LogP contribution in [0.4, 0.5) is 5.82 Å². The number of allylic oxidation sites excluding steroid dienone is 10. The largest absolute Gasteiger partial charge is 0.481 e. The molecule has 1 fully saturated rings. The molecule has 0 amide bonds. The van der Waals surface area contributed by atoms with Crippen LogP contribution in [0.2, 0.25) is 0 Å². The number of aliphatic hydroxyl groups is 5. The molecule has 0 saturated carbocycles. The summed E-state index contributed by atoms with van der Waals surface area (Å²) in [6, 6.07) is 1.22. The van der Waals surface area contributed by atoms with Gasteiger partial charge >= 0.3 is 33.3 Å². The van der Waals surface area contributed by atoms with Gasteiger partial charge in [-0.2, -0.15) is 9.29 Å². The fourth-order valence-electron chi connectivity index (χ4n) is 7.04. The maximum absolute atomic E-state index is 12.9. The molecule has 2 rings (SSSR count). The lowest BCUT2D eigenvalue weighted by atomic mass is 10.1. The molecule has 0 aromatic carbocycles. The highest BCUT2D eigenvalue weighted by atomic mass is 31.3. The van der Waals surface area contributed by atoms with E-state index in [0.29, 0.717) is 19.3 Å². The van der Waals surface area contributed by atoms with E-state index in [4.69, 9.17) is 29.0 Å². The number of anilines is 1. The molecule has 0 spiro atoms. The quantitative estimate of drug-likeness (QED) is 0.0142. The fourth-order valence-corrected chi connectivity index (χ4v) is 9.15. The number of carbonyl (C=O) groups excluding carboxylic acids is 2. The third-order valence-corrected chi connectivity index (χ3v) is 13.8. The van der Waals surface area contributed by atoms with Crippen LogP contribution in [0.1, 0.15) is 142 Å². The number of phosphoric ester groups is 2. The van der Waals surface area contributed by atoms with Crippen molar-refractivity contribution in [2.45, 2.75) is 185 Å². The molecular weight excluding hydrogens is 993 g/mol. The molecule has 21 nitrogen and oxygen atoms in total. The number of nitrogens with zero attached hydrogens (tertiary/aromatic N) is 2. The molecule has 414 valence electrons. The molecule has 73 heavy (non-hydrogen) atoms. The number of nitrogen functional groups attached to an aromatic ring is 1. The predicted octanol–water partition coefficient (Wildman–Crippen LogP) is 7.02. The molecule has 1 saturated heterocycles. The van der Waals surface area contributed by atoms with E-state index in [1.54, 1.807) is 42.5 Å². The van der Waals surface area contributed by atoms with Crippen molar-refractivity contribution in [3.8, 4) is 0 Å². The molecule has 1 aliphatic heterocycles. The third kappa shape index (κ3) is 30.3. The second-order valence-corrected chi connectivity index (χ2v) is 20.6. The van der Waals surface area contributed by atoms with E-state index in [1.165, 1.54) is 37.8 Å². The standard InChI is InChI=1S/C50H81N3O18P2/c1-3-5-7-8-9-10-11-12-13-14-15-16-17-22-26-32-46(58)69-40(36-66-45(57)33-27-31-42(56)41(55)30-25-21-19-18-20-24-29-39(54)28-23-6-4-2)37-67-72(62,63)71-73(64,65)68-38-43-47(59)48(60)49(70-43)53-35-34-44(51)52-50(53)61/h10-13,18-21,24-25,29-30,34-35,39-43,47-49,54-56,59-60H,3-9,14-17,22-23,26-28,31-33,36-38H2,1-2H3,(H,62,63)(H,64,65)(H2,51,52,61)/b11-10-,13-12-,20-18-,21-19+,29-24+,30-25+/t39-,40-,41-,42-,43-,47-,48-,49-/m1/s1. The van der Waals surface area contributed by atoms with Gasteiger partial charge in [0.15, 0.2) is 12.3 Å². The van der Waals surface area contributed by atoms with Crippen LogP contribution >= 0.6 is 15.6 Å². The summed E-state index contributed by atoms with van der Waals surface area (Å²) in [5, 5.41) is 51.6. The summed E-state index contributed by atoms with van der Waals surface area (Å²) in [6.07, 6.45) is 26.2. The highest BCUT2D eigenvalue weighted by Crippen LogP contribution is 2.60. The number of unbranched alkanes of at least 4 members (excludes halogenated alkanes) is 11. The van der Waals surface area contributed by atoms with Gasteiger partial charge in [0.2, 0.25) is 0 Å². The summed E-state index contributed by atoms with van der Waals surface area (Å²) in [5.41, 5.74) is 4.55. The molecule has 1 aromatic heterocycles. The van der Waals surface area contributed by atoms with Gasteiger partial charge in [-0.05, 0) is 57.4 Å². The minimum atomic E-state index is -5.51. The molecule has 1 aliphatic rings. The van der Waals surface area contributed by atoms with Crippen molar-refractivity contribution in [3.63, 3.8) is 0 Å². The Labute approximate surface area is 429 Å². The topological polar surface area (TPSA) is 326 Å². The Morgan fingerprint density at radius 2 is 1.33 bits per heavy atom. The van der Waals surface area contributed by atoms with Gasteiger partial charge in [-0.15, -0.1) is 0 Å². The first-order chi connectivity index (χ1) is 34.9. The molecule has 9 N–H and O–H groups in total. The van der Waals surface area contributed by atoms with Gasteiger partial charge in [0.1, 0.15) is 30.7 Å². The van der Waals surface area contributed by atoms with Crippen LogP contribution in [0.25, 0.3) is 0 Å². The van der Waals surface area contributed by atoms with Gasteiger partial charge < -0.3 is 55.3 Å². The van der Waals surface area contributed by atoms with E-state index >= 15 is 0 Å². The number of hydrogen-bond acceptors (Lipinski definition) is 18. The van der Waals surface area contributed by atoms with Crippen molar-refractivity contribution in [1.82, 2.24) is 9.55 Å². The van der Waals surface area contributed by atoms with Gasteiger partial charge in [-0.1, -0.05) is 145 Å². The molecule has 2 heterocycles. The minimum absolute atomic E-state index is 0.00579. The van der Waals surface area contributed by atoms with Gasteiger partial charge in [-0.3, -0.25) is 23.2 Å². The van der Waals surface area contributed by atoms with Crippen molar-refractivity contribution in [3.05, 3.63) is 95.7 Å². The van der Waals surface area contributed by atoms with Gasteiger partial charge in [0.25, 0.3) is 0 Å². The SMILES string of the molecule is CCCCCC/C=C\C=C/CCCCCCCC(=O)O[C@H](COC(=O)CCC[C@@H](O)[C@H](O)/C=C/C=C/C=C\C=C\[C@H](O)CCCCC)COP(=O)(O)OP(=O)(O)OC[C@H]1O[C@@H](n2ccc(N)nc2=O)[C@H](O)[C@@H]1O. The van der Waals surface area contributed by atoms with Crippen LogP contribution in [0.3, 0.4) is 0 Å². The van der Waals surface area contributed by atoms with E-state index in [2.05, 4.69) is 47.4 Å². The van der Waals surface area contributed by atoms with Crippen molar-refractivity contribution >= 4 is 33.4 Å². The predicted molar refractivity (Wildman–Crippen MR) is 274 cm³/mol. The zero-order chi connectivity index (χ0) is 53.9. The van der Waals surface area contributed by atoms with Crippen molar-refractivity contribution in [2.75, 3.05) is 25.6 Å².